The second kappa shape index (κ2) is 13.3. The first-order valence-corrected chi connectivity index (χ1v) is 19.5. The first-order valence-electron chi connectivity index (χ1n) is 18.7. The summed E-state index contributed by atoms with van der Waals surface area (Å²) in [7, 11) is 0. The molecule has 5 heteroatoms. The van der Waals surface area contributed by atoms with Crippen molar-refractivity contribution in [2.45, 2.75) is 0 Å². The largest absolute Gasteiger partial charge is 0.456 e. The minimum Gasteiger partial charge on any atom is -0.456 e. The Kier molecular flexibility index (Phi) is 7.64. The Morgan fingerprint density at radius 1 is 0.339 bits per heavy atom. The maximum absolute atomic E-state index is 6.63. The van der Waals surface area contributed by atoms with Gasteiger partial charge in [-0.15, -0.1) is 11.3 Å². The number of fused-ring (bicyclic) bond motifs is 6. The van der Waals surface area contributed by atoms with Gasteiger partial charge >= 0.3 is 0 Å². The van der Waals surface area contributed by atoms with Gasteiger partial charge < -0.3 is 4.42 Å². The quantitative estimate of drug-likeness (QED) is 0.171. The summed E-state index contributed by atoms with van der Waals surface area (Å²) < 4.78 is 9.18. The van der Waals surface area contributed by atoms with Crippen molar-refractivity contribution in [1.29, 1.82) is 0 Å². The van der Waals surface area contributed by atoms with Gasteiger partial charge in [-0.3, -0.25) is 0 Å². The topological polar surface area (TPSA) is 51.8 Å². The SMILES string of the molecule is c1ccc(-c2ccc(-c3nc(-c4ccccc4)nc(-c4cccc5oc6cc(-c7cccc8c7sc7ccc(-c9ccccc9)cc78)ccc6c45)n3)cc2)cc1. The fourth-order valence-electron chi connectivity index (χ4n) is 7.80. The lowest BCUT2D eigenvalue weighted by molar-refractivity contribution is 0.669. The maximum Gasteiger partial charge on any atom is 0.164 e. The van der Waals surface area contributed by atoms with E-state index in [1.807, 2.05) is 59.9 Å². The van der Waals surface area contributed by atoms with Gasteiger partial charge in [-0.25, -0.2) is 15.0 Å². The Hall–Kier alpha value is -7.21. The Labute approximate surface area is 327 Å². The van der Waals surface area contributed by atoms with Gasteiger partial charge in [0.25, 0.3) is 0 Å². The molecule has 11 rings (SSSR count). The van der Waals surface area contributed by atoms with Crippen LogP contribution in [0.15, 0.2) is 192 Å². The Morgan fingerprint density at radius 3 is 1.62 bits per heavy atom. The lowest BCUT2D eigenvalue weighted by atomic mass is 9.99. The Bertz CT molecular complexity index is 3230. The molecule has 0 bridgehead atoms. The smallest absolute Gasteiger partial charge is 0.164 e. The minimum absolute atomic E-state index is 0.600. The van der Waals surface area contributed by atoms with Crippen LogP contribution in [0.4, 0.5) is 0 Å². The highest BCUT2D eigenvalue weighted by Crippen LogP contribution is 2.43. The highest BCUT2D eigenvalue weighted by molar-refractivity contribution is 7.26. The first-order chi connectivity index (χ1) is 27.7. The average Bonchev–Trinajstić information content (AvgIpc) is 3.85. The van der Waals surface area contributed by atoms with Crippen molar-refractivity contribution >= 4 is 53.4 Å². The third-order valence-corrected chi connectivity index (χ3v) is 11.8. The van der Waals surface area contributed by atoms with Crippen LogP contribution in [0.2, 0.25) is 0 Å². The molecule has 0 aliphatic carbocycles. The van der Waals surface area contributed by atoms with Gasteiger partial charge in [0.2, 0.25) is 0 Å². The summed E-state index contributed by atoms with van der Waals surface area (Å²) >= 11 is 1.84. The molecule has 56 heavy (non-hydrogen) atoms. The predicted octanol–water partition coefficient (Wildman–Crippen LogP) is 14.1. The summed E-state index contributed by atoms with van der Waals surface area (Å²) in [4.78, 5) is 15.2. The van der Waals surface area contributed by atoms with Gasteiger partial charge in [0.15, 0.2) is 17.5 Å². The van der Waals surface area contributed by atoms with Gasteiger partial charge in [-0.05, 0) is 63.7 Å². The summed E-state index contributed by atoms with van der Waals surface area (Å²) in [5.74, 6) is 1.84. The van der Waals surface area contributed by atoms with Crippen LogP contribution < -0.4 is 0 Å². The van der Waals surface area contributed by atoms with Crippen LogP contribution in [0.1, 0.15) is 0 Å². The lowest BCUT2D eigenvalue weighted by Crippen LogP contribution is -2.00. The van der Waals surface area contributed by atoms with Crippen molar-refractivity contribution in [3.63, 3.8) is 0 Å². The van der Waals surface area contributed by atoms with Gasteiger partial charge in [0.1, 0.15) is 11.2 Å². The molecule has 3 aromatic heterocycles. The van der Waals surface area contributed by atoms with Crippen molar-refractivity contribution < 1.29 is 4.42 Å². The zero-order valence-corrected chi connectivity index (χ0v) is 30.9. The molecule has 0 atom stereocenters. The van der Waals surface area contributed by atoms with Crippen LogP contribution in [0.25, 0.3) is 110 Å². The maximum atomic E-state index is 6.63. The number of benzene rings is 8. The molecule has 0 spiro atoms. The van der Waals surface area contributed by atoms with E-state index in [4.69, 9.17) is 19.4 Å². The van der Waals surface area contributed by atoms with E-state index in [9.17, 15) is 0 Å². The highest BCUT2D eigenvalue weighted by Gasteiger charge is 2.19. The molecule has 8 aromatic carbocycles. The van der Waals surface area contributed by atoms with Gasteiger partial charge in [-0.1, -0.05) is 158 Å². The molecule has 0 aliphatic heterocycles. The van der Waals surface area contributed by atoms with Gasteiger partial charge in [0.05, 0.1) is 0 Å². The molecule has 0 radical (unpaired) electrons. The lowest BCUT2D eigenvalue weighted by Gasteiger charge is -2.10. The zero-order valence-electron chi connectivity index (χ0n) is 30.1. The molecular formula is C51H31N3OS. The highest BCUT2D eigenvalue weighted by atomic mass is 32.1. The van der Waals surface area contributed by atoms with Crippen molar-refractivity contribution in [1.82, 2.24) is 15.0 Å². The van der Waals surface area contributed by atoms with Crippen LogP contribution in [0, 0.1) is 0 Å². The van der Waals surface area contributed by atoms with E-state index < -0.39 is 0 Å². The summed E-state index contributed by atoms with van der Waals surface area (Å²) in [6, 6.07) is 65.6. The molecule has 11 aromatic rings. The van der Waals surface area contributed by atoms with E-state index in [0.29, 0.717) is 17.5 Å². The number of aromatic nitrogens is 3. The molecule has 0 amide bonds. The fraction of sp³-hybridized carbons (Fsp3) is 0. The monoisotopic (exact) mass is 733 g/mol. The van der Waals surface area contributed by atoms with Crippen molar-refractivity contribution in [2.24, 2.45) is 0 Å². The van der Waals surface area contributed by atoms with Gasteiger partial charge in [0, 0.05) is 47.6 Å². The number of furan rings is 1. The third-order valence-electron chi connectivity index (χ3n) is 10.6. The molecule has 0 saturated carbocycles. The molecule has 262 valence electrons. The van der Waals surface area contributed by atoms with E-state index >= 15 is 0 Å². The van der Waals surface area contributed by atoms with Crippen LogP contribution in [0.5, 0.6) is 0 Å². The van der Waals surface area contributed by atoms with E-state index in [2.05, 4.69) is 140 Å². The number of nitrogens with zero attached hydrogens (tertiary/aromatic N) is 3. The zero-order chi connectivity index (χ0) is 37.0. The fourth-order valence-corrected chi connectivity index (χ4v) is 9.02. The van der Waals surface area contributed by atoms with Crippen LogP contribution in [-0.4, -0.2) is 15.0 Å². The minimum atomic E-state index is 0.600. The van der Waals surface area contributed by atoms with Crippen LogP contribution in [0.3, 0.4) is 0 Å². The van der Waals surface area contributed by atoms with E-state index in [-0.39, 0.29) is 0 Å². The van der Waals surface area contributed by atoms with Crippen molar-refractivity contribution in [3.05, 3.63) is 188 Å². The standard InChI is InChI=1S/C51H31N3OS/c1-4-12-32(13-5-1)34-22-24-36(25-23-34)50-52-49(35-16-8-3-9-17-35)53-51(54-50)42-20-11-21-44-47(42)41-28-26-38(31-45(41)55-44)39-18-10-19-40-43-30-37(33-14-6-2-7-15-33)27-29-46(43)56-48(39)40/h1-31H. The summed E-state index contributed by atoms with van der Waals surface area (Å²) in [5, 5.41) is 4.55. The molecule has 0 saturated heterocycles. The average molecular weight is 734 g/mol. The van der Waals surface area contributed by atoms with Gasteiger partial charge in [-0.2, -0.15) is 0 Å². The van der Waals surface area contributed by atoms with E-state index in [1.54, 1.807) is 0 Å². The summed E-state index contributed by atoms with van der Waals surface area (Å²) in [6.07, 6.45) is 0. The predicted molar refractivity (Wildman–Crippen MR) is 233 cm³/mol. The number of hydrogen-bond acceptors (Lipinski definition) is 5. The normalized spacial score (nSPS) is 11.6. The third kappa shape index (κ3) is 5.56. The summed E-state index contributed by atoms with van der Waals surface area (Å²) in [5.41, 5.74) is 11.4. The van der Waals surface area contributed by atoms with E-state index in [1.165, 1.54) is 42.4 Å². The van der Waals surface area contributed by atoms with Crippen LogP contribution in [-0.2, 0) is 0 Å². The van der Waals surface area contributed by atoms with Crippen LogP contribution >= 0.6 is 11.3 Å². The molecule has 4 nitrogen and oxygen atoms in total. The molecule has 0 N–H and O–H groups in total. The molecule has 3 heterocycles. The Morgan fingerprint density at radius 2 is 0.893 bits per heavy atom. The number of rotatable bonds is 6. The second-order valence-corrected chi connectivity index (χ2v) is 15.0. The van der Waals surface area contributed by atoms with E-state index in [0.717, 1.165) is 49.8 Å². The van der Waals surface area contributed by atoms with Crippen molar-refractivity contribution in [3.8, 4) is 67.5 Å². The summed E-state index contributed by atoms with van der Waals surface area (Å²) in [6.45, 7) is 0. The molecule has 0 aliphatic rings. The molecule has 0 unspecified atom stereocenters. The second-order valence-electron chi connectivity index (χ2n) is 14.0. The molecular weight excluding hydrogens is 703 g/mol. The number of hydrogen-bond donors (Lipinski definition) is 0. The first kappa shape index (κ1) is 32.2. The molecule has 0 fully saturated rings. The number of thiophene rings is 1. The Balaban J connectivity index is 1.03. The van der Waals surface area contributed by atoms with Crippen molar-refractivity contribution in [2.75, 3.05) is 0 Å².